The van der Waals surface area contributed by atoms with Crippen LogP contribution < -0.4 is 5.32 Å². The zero-order valence-electron chi connectivity index (χ0n) is 13.5. The number of rotatable bonds is 5. The van der Waals surface area contributed by atoms with Crippen molar-refractivity contribution in [2.24, 2.45) is 0 Å². The van der Waals surface area contributed by atoms with Crippen LogP contribution in [-0.2, 0) is 16.4 Å². The van der Waals surface area contributed by atoms with Crippen molar-refractivity contribution in [1.82, 2.24) is 10.3 Å². The third kappa shape index (κ3) is 3.77. The summed E-state index contributed by atoms with van der Waals surface area (Å²) in [7, 11) is -3.79. The fourth-order valence-electron chi connectivity index (χ4n) is 2.19. The van der Waals surface area contributed by atoms with E-state index in [9.17, 15) is 13.2 Å². The second-order valence-corrected chi connectivity index (χ2v) is 7.35. The normalized spacial score (nSPS) is 11.2. The smallest absolute Gasteiger partial charge is 0.287 e. The number of carbonyl (C=O) groups excluding carboxylic acids is 1. The SMILES string of the molecule is Cc1ccc(S(=O)(=O)c2ccc(C(=O)NCc3ccncc3)o2)cc1. The predicted octanol–water partition coefficient (Wildman–Crippen LogP) is 2.75. The minimum atomic E-state index is -3.79. The lowest BCUT2D eigenvalue weighted by Crippen LogP contribution is -2.22. The number of hydrogen-bond donors (Lipinski definition) is 1. The average molecular weight is 356 g/mol. The third-order valence-electron chi connectivity index (χ3n) is 3.60. The predicted molar refractivity (Wildman–Crippen MR) is 90.7 cm³/mol. The molecule has 0 radical (unpaired) electrons. The molecular weight excluding hydrogens is 340 g/mol. The molecule has 0 fully saturated rings. The van der Waals surface area contributed by atoms with Gasteiger partial charge in [0.25, 0.3) is 5.91 Å². The molecule has 0 aliphatic rings. The van der Waals surface area contributed by atoms with Gasteiger partial charge in [0.1, 0.15) is 0 Å². The number of carbonyl (C=O) groups is 1. The minimum Gasteiger partial charge on any atom is -0.439 e. The van der Waals surface area contributed by atoms with Gasteiger partial charge in [-0.1, -0.05) is 17.7 Å². The van der Waals surface area contributed by atoms with Gasteiger partial charge in [-0.15, -0.1) is 0 Å². The number of amides is 1. The number of sulfone groups is 1. The van der Waals surface area contributed by atoms with Gasteiger partial charge < -0.3 is 9.73 Å². The lowest BCUT2D eigenvalue weighted by atomic mass is 10.2. The quantitative estimate of drug-likeness (QED) is 0.759. The van der Waals surface area contributed by atoms with Crippen LogP contribution in [0.15, 0.2) is 75.3 Å². The first-order valence-electron chi connectivity index (χ1n) is 7.55. The minimum absolute atomic E-state index is 0.0558. The maximum Gasteiger partial charge on any atom is 0.287 e. The van der Waals surface area contributed by atoms with Crippen LogP contribution in [-0.4, -0.2) is 19.3 Å². The Hall–Kier alpha value is -2.93. The molecule has 3 aromatic rings. The van der Waals surface area contributed by atoms with Gasteiger partial charge in [-0.2, -0.15) is 0 Å². The molecule has 0 aliphatic carbocycles. The Morgan fingerprint density at radius 3 is 2.40 bits per heavy atom. The van der Waals surface area contributed by atoms with E-state index in [1.165, 1.54) is 24.3 Å². The number of benzene rings is 1. The van der Waals surface area contributed by atoms with Crippen molar-refractivity contribution >= 4 is 15.7 Å². The van der Waals surface area contributed by atoms with Crippen LogP contribution in [0.25, 0.3) is 0 Å². The molecule has 0 saturated heterocycles. The summed E-state index contributed by atoms with van der Waals surface area (Å²) >= 11 is 0. The number of hydrogen-bond acceptors (Lipinski definition) is 5. The molecule has 1 aromatic carbocycles. The van der Waals surface area contributed by atoms with E-state index in [1.807, 2.05) is 6.92 Å². The van der Waals surface area contributed by atoms with Gasteiger partial charge in [-0.3, -0.25) is 9.78 Å². The maximum atomic E-state index is 12.5. The van der Waals surface area contributed by atoms with Crippen molar-refractivity contribution in [2.75, 3.05) is 0 Å². The van der Waals surface area contributed by atoms with Crippen molar-refractivity contribution in [1.29, 1.82) is 0 Å². The lowest BCUT2D eigenvalue weighted by Gasteiger charge is -2.03. The molecule has 0 saturated carbocycles. The molecule has 25 heavy (non-hydrogen) atoms. The van der Waals surface area contributed by atoms with E-state index in [1.54, 1.807) is 36.7 Å². The highest BCUT2D eigenvalue weighted by Crippen LogP contribution is 2.23. The second kappa shape index (κ2) is 6.90. The number of aromatic nitrogens is 1. The van der Waals surface area contributed by atoms with Crippen molar-refractivity contribution in [2.45, 2.75) is 23.5 Å². The number of pyridine rings is 1. The molecule has 1 amide bonds. The molecule has 128 valence electrons. The van der Waals surface area contributed by atoms with Gasteiger partial charge in [-0.25, -0.2) is 8.42 Å². The molecule has 1 N–H and O–H groups in total. The summed E-state index contributed by atoms with van der Waals surface area (Å²) in [5.41, 5.74) is 1.83. The van der Waals surface area contributed by atoms with Crippen molar-refractivity contribution in [3.63, 3.8) is 0 Å². The Kier molecular flexibility index (Phi) is 4.67. The molecule has 0 spiro atoms. The van der Waals surface area contributed by atoms with Crippen molar-refractivity contribution in [3.05, 3.63) is 77.8 Å². The molecule has 0 bridgehead atoms. The van der Waals surface area contributed by atoms with Gasteiger partial charge in [0.2, 0.25) is 14.9 Å². The average Bonchev–Trinajstić information content (AvgIpc) is 3.12. The number of nitrogens with zero attached hydrogens (tertiary/aromatic N) is 1. The first-order chi connectivity index (χ1) is 12.0. The number of aryl methyl sites for hydroxylation is 1. The zero-order chi connectivity index (χ0) is 17.9. The molecule has 0 unspecified atom stereocenters. The van der Waals surface area contributed by atoms with E-state index in [-0.39, 0.29) is 15.7 Å². The van der Waals surface area contributed by atoms with Crippen molar-refractivity contribution < 1.29 is 17.6 Å². The van der Waals surface area contributed by atoms with Crippen LogP contribution in [0.4, 0.5) is 0 Å². The standard InChI is InChI=1S/C18H16N2O4S/c1-13-2-4-15(5-3-13)25(22,23)17-7-6-16(24-17)18(21)20-12-14-8-10-19-11-9-14/h2-11H,12H2,1H3,(H,20,21). The monoisotopic (exact) mass is 356 g/mol. The Bertz CT molecular complexity index is 977. The fourth-order valence-corrected chi connectivity index (χ4v) is 3.36. The van der Waals surface area contributed by atoms with Crippen molar-refractivity contribution in [3.8, 4) is 0 Å². The molecule has 6 nitrogen and oxygen atoms in total. The summed E-state index contributed by atoms with van der Waals surface area (Å²) in [4.78, 5) is 16.1. The van der Waals surface area contributed by atoms with Crippen LogP contribution in [0, 0.1) is 6.92 Å². The molecule has 2 aromatic heterocycles. The van der Waals surface area contributed by atoms with Gasteiger partial charge in [0.15, 0.2) is 5.76 Å². The Balaban J connectivity index is 1.75. The van der Waals surface area contributed by atoms with E-state index in [0.29, 0.717) is 6.54 Å². The highest BCUT2D eigenvalue weighted by atomic mass is 32.2. The number of nitrogens with one attached hydrogen (secondary N) is 1. The maximum absolute atomic E-state index is 12.5. The lowest BCUT2D eigenvalue weighted by molar-refractivity contribution is 0.0918. The highest BCUT2D eigenvalue weighted by molar-refractivity contribution is 7.91. The summed E-state index contributed by atoms with van der Waals surface area (Å²) in [6.07, 6.45) is 3.25. The fraction of sp³-hybridized carbons (Fsp3) is 0.111. The molecule has 0 atom stereocenters. The van der Waals surface area contributed by atoms with E-state index in [2.05, 4.69) is 10.3 Å². The summed E-state index contributed by atoms with van der Waals surface area (Å²) in [5, 5.41) is 2.41. The Labute approximate surface area is 145 Å². The summed E-state index contributed by atoms with van der Waals surface area (Å²) in [6, 6.07) is 12.6. The number of furan rings is 1. The van der Waals surface area contributed by atoms with Gasteiger partial charge in [0, 0.05) is 18.9 Å². The van der Waals surface area contributed by atoms with Crippen LogP contribution in [0.2, 0.25) is 0 Å². The van der Waals surface area contributed by atoms with Crippen LogP contribution in [0.5, 0.6) is 0 Å². The molecule has 2 heterocycles. The molecule has 3 rings (SSSR count). The third-order valence-corrected chi connectivity index (χ3v) is 5.25. The van der Waals surface area contributed by atoms with Gasteiger partial charge in [-0.05, 0) is 48.9 Å². The first kappa shape index (κ1) is 16.9. The van der Waals surface area contributed by atoms with Gasteiger partial charge in [0.05, 0.1) is 4.90 Å². The van der Waals surface area contributed by atoms with E-state index >= 15 is 0 Å². The molecule has 7 heteroatoms. The summed E-state index contributed by atoms with van der Waals surface area (Å²) in [6.45, 7) is 2.16. The largest absolute Gasteiger partial charge is 0.439 e. The Morgan fingerprint density at radius 2 is 1.72 bits per heavy atom. The topological polar surface area (TPSA) is 89.3 Å². The highest BCUT2D eigenvalue weighted by Gasteiger charge is 2.23. The van der Waals surface area contributed by atoms with Crippen LogP contribution in [0.1, 0.15) is 21.7 Å². The molecule has 0 aliphatic heterocycles. The van der Waals surface area contributed by atoms with Crippen LogP contribution in [0.3, 0.4) is 0 Å². The van der Waals surface area contributed by atoms with Gasteiger partial charge >= 0.3 is 0 Å². The van der Waals surface area contributed by atoms with E-state index in [4.69, 9.17) is 4.42 Å². The second-order valence-electron chi connectivity index (χ2n) is 5.47. The van der Waals surface area contributed by atoms with E-state index < -0.39 is 15.7 Å². The summed E-state index contributed by atoms with van der Waals surface area (Å²) in [5.74, 6) is -0.540. The molecular formula is C18H16N2O4S. The Morgan fingerprint density at radius 1 is 1.04 bits per heavy atom. The van der Waals surface area contributed by atoms with Crippen LogP contribution >= 0.6 is 0 Å². The summed E-state index contributed by atoms with van der Waals surface area (Å²) < 4.78 is 30.3. The van der Waals surface area contributed by atoms with E-state index in [0.717, 1.165) is 11.1 Å². The zero-order valence-corrected chi connectivity index (χ0v) is 14.3. The first-order valence-corrected chi connectivity index (χ1v) is 9.04.